The molecule has 3 rings (SSSR count). The van der Waals surface area contributed by atoms with Crippen LogP contribution in [-0.2, 0) is 4.79 Å². The van der Waals surface area contributed by atoms with E-state index in [9.17, 15) is 9.18 Å². The molecule has 1 aromatic rings. The first-order chi connectivity index (χ1) is 11.6. The molecule has 2 atom stereocenters. The SMILES string of the molecule is CC(=O)N1CCCC1C1CCCN1CCCOc1ccc(F)cc1. The Bertz CT molecular complexity index is 549. The van der Waals surface area contributed by atoms with Crippen LogP contribution in [0.1, 0.15) is 39.0 Å². The number of nitrogens with zero attached hydrogens (tertiary/aromatic N) is 2. The number of likely N-dealkylation sites (tertiary alicyclic amines) is 2. The Morgan fingerprint density at radius 3 is 2.62 bits per heavy atom. The van der Waals surface area contributed by atoms with Gasteiger partial charge < -0.3 is 9.64 Å². The van der Waals surface area contributed by atoms with Gasteiger partial charge in [-0.2, -0.15) is 0 Å². The second-order valence-corrected chi connectivity index (χ2v) is 6.82. The minimum atomic E-state index is -0.242. The monoisotopic (exact) mass is 334 g/mol. The molecule has 0 aliphatic carbocycles. The molecule has 4 nitrogen and oxygen atoms in total. The first kappa shape index (κ1) is 17.2. The average Bonchev–Trinajstić information content (AvgIpc) is 3.21. The fourth-order valence-electron chi connectivity index (χ4n) is 4.14. The van der Waals surface area contributed by atoms with Gasteiger partial charge in [0, 0.05) is 32.1 Å². The number of hydrogen-bond donors (Lipinski definition) is 0. The Kier molecular flexibility index (Phi) is 5.72. The summed E-state index contributed by atoms with van der Waals surface area (Å²) in [5, 5.41) is 0. The van der Waals surface area contributed by atoms with E-state index in [1.807, 2.05) is 0 Å². The van der Waals surface area contributed by atoms with Crippen LogP contribution >= 0.6 is 0 Å². The Labute approximate surface area is 143 Å². The Morgan fingerprint density at radius 2 is 1.88 bits per heavy atom. The number of carbonyl (C=O) groups is 1. The molecular weight excluding hydrogens is 307 g/mol. The summed E-state index contributed by atoms with van der Waals surface area (Å²) in [6.45, 7) is 5.35. The summed E-state index contributed by atoms with van der Waals surface area (Å²) in [7, 11) is 0. The van der Waals surface area contributed by atoms with Crippen molar-refractivity contribution in [1.82, 2.24) is 9.80 Å². The largest absolute Gasteiger partial charge is 0.494 e. The van der Waals surface area contributed by atoms with Crippen molar-refractivity contribution in [2.75, 3.05) is 26.2 Å². The van der Waals surface area contributed by atoms with Crippen LogP contribution in [-0.4, -0.2) is 54.0 Å². The van der Waals surface area contributed by atoms with Crippen LogP contribution in [0.4, 0.5) is 4.39 Å². The minimum absolute atomic E-state index is 0.212. The maximum Gasteiger partial charge on any atom is 0.219 e. The lowest BCUT2D eigenvalue weighted by Crippen LogP contribution is -2.48. The quantitative estimate of drug-likeness (QED) is 0.750. The molecule has 0 spiro atoms. The second-order valence-electron chi connectivity index (χ2n) is 6.82. The van der Waals surface area contributed by atoms with E-state index in [-0.39, 0.29) is 11.7 Å². The number of ether oxygens (including phenoxy) is 1. The molecule has 2 heterocycles. The van der Waals surface area contributed by atoms with Crippen molar-refractivity contribution in [3.63, 3.8) is 0 Å². The third kappa shape index (κ3) is 4.07. The van der Waals surface area contributed by atoms with E-state index >= 15 is 0 Å². The summed E-state index contributed by atoms with van der Waals surface area (Å²) >= 11 is 0. The van der Waals surface area contributed by atoms with E-state index < -0.39 is 0 Å². The molecule has 1 amide bonds. The maximum absolute atomic E-state index is 12.9. The van der Waals surface area contributed by atoms with Gasteiger partial charge in [0.2, 0.25) is 5.91 Å². The zero-order chi connectivity index (χ0) is 16.9. The summed E-state index contributed by atoms with van der Waals surface area (Å²) < 4.78 is 18.6. The summed E-state index contributed by atoms with van der Waals surface area (Å²) in [5.74, 6) is 0.686. The Hall–Kier alpha value is -1.62. The molecule has 132 valence electrons. The van der Waals surface area contributed by atoms with Crippen molar-refractivity contribution in [2.24, 2.45) is 0 Å². The predicted octanol–water partition coefficient (Wildman–Crippen LogP) is 3.07. The fourth-order valence-corrected chi connectivity index (χ4v) is 4.14. The highest BCUT2D eigenvalue weighted by atomic mass is 19.1. The molecule has 5 heteroatoms. The topological polar surface area (TPSA) is 32.8 Å². The summed E-state index contributed by atoms with van der Waals surface area (Å²) in [5.41, 5.74) is 0. The standard InChI is InChI=1S/C19H27FN2O2/c1-15(23)22-13-3-6-19(22)18-5-2-11-21(18)12-4-14-24-17-9-7-16(20)8-10-17/h7-10,18-19H,2-6,11-14H2,1H3. The van der Waals surface area contributed by atoms with Crippen LogP contribution in [0.5, 0.6) is 5.75 Å². The second kappa shape index (κ2) is 7.97. The first-order valence-corrected chi connectivity index (χ1v) is 9.05. The van der Waals surface area contributed by atoms with E-state index in [1.54, 1.807) is 19.1 Å². The van der Waals surface area contributed by atoms with Gasteiger partial charge in [-0.05, 0) is 62.9 Å². The van der Waals surface area contributed by atoms with Gasteiger partial charge >= 0.3 is 0 Å². The van der Waals surface area contributed by atoms with Gasteiger partial charge in [0.25, 0.3) is 0 Å². The lowest BCUT2D eigenvalue weighted by atomic mass is 10.0. The van der Waals surface area contributed by atoms with Gasteiger partial charge in [-0.25, -0.2) is 4.39 Å². The molecule has 0 N–H and O–H groups in total. The number of benzene rings is 1. The van der Waals surface area contributed by atoms with E-state index in [0.717, 1.165) is 38.9 Å². The molecule has 2 unspecified atom stereocenters. The maximum atomic E-state index is 12.9. The molecular formula is C19H27FN2O2. The Morgan fingerprint density at radius 1 is 1.17 bits per heavy atom. The molecule has 2 aliphatic rings. The lowest BCUT2D eigenvalue weighted by molar-refractivity contribution is -0.130. The number of hydrogen-bond acceptors (Lipinski definition) is 3. The average molecular weight is 334 g/mol. The number of rotatable bonds is 6. The normalized spacial score (nSPS) is 24.5. The molecule has 2 saturated heterocycles. The zero-order valence-corrected chi connectivity index (χ0v) is 14.4. The van der Waals surface area contributed by atoms with Crippen molar-refractivity contribution in [2.45, 2.75) is 51.1 Å². The first-order valence-electron chi connectivity index (χ1n) is 9.05. The molecule has 0 radical (unpaired) electrons. The van der Waals surface area contributed by atoms with Gasteiger partial charge in [-0.15, -0.1) is 0 Å². The van der Waals surface area contributed by atoms with Crippen LogP contribution in [0.2, 0.25) is 0 Å². The van der Waals surface area contributed by atoms with Crippen LogP contribution in [0, 0.1) is 5.82 Å². The summed E-state index contributed by atoms with van der Waals surface area (Å²) in [4.78, 5) is 16.4. The molecule has 0 bridgehead atoms. The van der Waals surface area contributed by atoms with Crippen molar-refractivity contribution in [1.29, 1.82) is 0 Å². The van der Waals surface area contributed by atoms with Crippen molar-refractivity contribution >= 4 is 5.91 Å². The van der Waals surface area contributed by atoms with Crippen molar-refractivity contribution in [3.05, 3.63) is 30.1 Å². The summed E-state index contributed by atoms with van der Waals surface area (Å²) in [6, 6.07) is 7.06. The van der Waals surface area contributed by atoms with Gasteiger partial charge in [0.15, 0.2) is 0 Å². The number of carbonyl (C=O) groups excluding carboxylic acids is 1. The highest BCUT2D eigenvalue weighted by molar-refractivity contribution is 5.74. The van der Waals surface area contributed by atoms with Crippen molar-refractivity contribution < 1.29 is 13.9 Å². The van der Waals surface area contributed by atoms with Gasteiger partial charge in [0.05, 0.1) is 6.61 Å². The summed E-state index contributed by atoms with van der Waals surface area (Å²) in [6.07, 6.45) is 5.61. The van der Waals surface area contributed by atoms with Gasteiger partial charge in [-0.3, -0.25) is 9.69 Å². The number of halogens is 1. The predicted molar refractivity (Wildman–Crippen MR) is 91.5 cm³/mol. The lowest BCUT2D eigenvalue weighted by Gasteiger charge is -2.34. The Balaban J connectivity index is 1.46. The number of amides is 1. The third-order valence-corrected chi connectivity index (χ3v) is 5.23. The van der Waals surface area contributed by atoms with Gasteiger partial charge in [0.1, 0.15) is 11.6 Å². The zero-order valence-electron chi connectivity index (χ0n) is 14.4. The third-order valence-electron chi connectivity index (χ3n) is 5.23. The molecule has 2 aliphatic heterocycles. The van der Waals surface area contributed by atoms with Gasteiger partial charge in [-0.1, -0.05) is 0 Å². The smallest absolute Gasteiger partial charge is 0.219 e. The van der Waals surface area contributed by atoms with E-state index in [0.29, 0.717) is 24.4 Å². The van der Waals surface area contributed by atoms with Crippen LogP contribution in [0.3, 0.4) is 0 Å². The fraction of sp³-hybridized carbons (Fsp3) is 0.632. The minimum Gasteiger partial charge on any atom is -0.494 e. The molecule has 0 saturated carbocycles. The van der Waals surface area contributed by atoms with Crippen LogP contribution in [0.25, 0.3) is 0 Å². The highest BCUT2D eigenvalue weighted by Crippen LogP contribution is 2.30. The van der Waals surface area contributed by atoms with Crippen LogP contribution < -0.4 is 4.74 Å². The molecule has 1 aromatic carbocycles. The molecule has 0 aromatic heterocycles. The van der Waals surface area contributed by atoms with E-state index in [4.69, 9.17) is 4.74 Å². The van der Waals surface area contributed by atoms with E-state index in [2.05, 4.69) is 9.80 Å². The highest BCUT2D eigenvalue weighted by Gasteiger charge is 2.38. The molecule has 2 fully saturated rings. The molecule has 24 heavy (non-hydrogen) atoms. The van der Waals surface area contributed by atoms with Crippen molar-refractivity contribution in [3.8, 4) is 5.75 Å². The van der Waals surface area contributed by atoms with Crippen LogP contribution in [0.15, 0.2) is 24.3 Å². The van der Waals surface area contributed by atoms with E-state index in [1.165, 1.54) is 25.0 Å².